The summed E-state index contributed by atoms with van der Waals surface area (Å²) in [6.45, 7) is 10.4. The Hall–Kier alpha value is -5.81. The zero-order chi connectivity index (χ0) is 40.6. The van der Waals surface area contributed by atoms with E-state index in [2.05, 4.69) is 55.2 Å². The number of fused-ring (bicyclic) bond motifs is 2. The first-order valence-corrected chi connectivity index (χ1v) is 20.9. The molecule has 9 rings (SSSR count). The Bertz CT molecular complexity index is 2270. The van der Waals surface area contributed by atoms with Gasteiger partial charge in [-0.2, -0.15) is 0 Å². The number of nitrogens with one attached hydrogen (secondary N) is 3. The number of nitrogens with zero attached hydrogens (tertiary/aromatic N) is 9. The van der Waals surface area contributed by atoms with Gasteiger partial charge in [0.05, 0.1) is 23.1 Å². The third-order valence-corrected chi connectivity index (χ3v) is 12.6. The molecule has 1 saturated carbocycles. The molecule has 1 aliphatic carbocycles. The van der Waals surface area contributed by atoms with Gasteiger partial charge >= 0.3 is 0 Å². The fraction of sp³-hybridized carbons (Fsp3) is 0.500. The molecule has 3 N–H and O–H groups in total. The minimum atomic E-state index is -0.970. The quantitative estimate of drug-likeness (QED) is 0.140. The number of hydrogen-bond donors (Lipinski definition) is 3. The number of benzene rings is 1. The van der Waals surface area contributed by atoms with E-state index >= 15 is 0 Å². The van der Waals surface area contributed by atoms with Gasteiger partial charge < -0.3 is 29.9 Å². The zero-order valence-electron chi connectivity index (χ0n) is 33.3. The van der Waals surface area contributed by atoms with Gasteiger partial charge in [-0.05, 0) is 82.2 Å². The molecule has 1 aromatic carbocycles. The minimum Gasteiger partial charge on any atom is -0.371 e. The van der Waals surface area contributed by atoms with Crippen LogP contribution in [0.5, 0.6) is 0 Å². The Kier molecular flexibility index (Phi) is 10.8. The average Bonchev–Trinajstić information content (AvgIpc) is 3.76. The molecule has 308 valence electrons. The first-order valence-electron chi connectivity index (χ1n) is 20.9. The van der Waals surface area contributed by atoms with E-state index in [1.54, 1.807) is 24.5 Å². The van der Waals surface area contributed by atoms with E-state index in [0.717, 1.165) is 124 Å². The zero-order valence-corrected chi connectivity index (χ0v) is 33.3. The predicted octanol–water partition coefficient (Wildman–Crippen LogP) is 2.40. The van der Waals surface area contributed by atoms with Crippen LogP contribution in [-0.4, -0.2) is 140 Å². The third-order valence-electron chi connectivity index (χ3n) is 12.6. The van der Waals surface area contributed by atoms with E-state index in [4.69, 9.17) is 0 Å². The smallest absolute Gasteiger partial charge is 0.270 e. The van der Waals surface area contributed by atoms with Crippen molar-refractivity contribution in [3.8, 4) is 0 Å². The highest BCUT2D eigenvalue weighted by Gasteiger charge is 2.46. The van der Waals surface area contributed by atoms with Crippen molar-refractivity contribution in [3.05, 3.63) is 71.6 Å². The van der Waals surface area contributed by atoms with Gasteiger partial charge in [0.1, 0.15) is 23.6 Å². The van der Waals surface area contributed by atoms with Crippen LogP contribution >= 0.6 is 0 Å². The molecule has 3 aromatic heterocycles. The van der Waals surface area contributed by atoms with Gasteiger partial charge in [0.2, 0.25) is 11.8 Å². The second-order valence-electron chi connectivity index (χ2n) is 16.5. The molecule has 1 atom stereocenters. The number of piperidine rings is 2. The molecule has 17 nitrogen and oxygen atoms in total. The van der Waals surface area contributed by atoms with Crippen LogP contribution in [0, 0.1) is 12.8 Å². The van der Waals surface area contributed by atoms with Crippen LogP contribution in [0.2, 0.25) is 0 Å². The van der Waals surface area contributed by atoms with Gasteiger partial charge in [-0.1, -0.05) is 12.1 Å². The third kappa shape index (κ3) is 7.88. The molecule has 0 bridgehead atoms. The summed E-state index contributed by atoms with van der Waals surface area (Å²) in [5.41, 5.74) is 4.26. The number of imidazole rings is 1. The van der Waals surface area contributed by atoms with E-state index in [1.807, 2.05) is 31.5 Å². The van der Waals surface area contributed by atoms with Crippen LogP contribution in [0.1, 0.15) is 87.9 Å². The lowest BCUT2D eigenvalue weighted by atomic mass is 9.86. The SMILES string of the molecule is Cc1cccc(C(=O)NC2CC(n3cnc4c(NCCCN5CCN(CC6CCN(c7cccc8c7C(=O)N([C@H]7CCC(=O)NC7=O)C8=O)CC6)CC5)ncnc43)C2)n1. The van der Waals surface area contributed by atoms with Crippen LogP contribution in [-0.2, 0) is 9.59 Å². The van der Waals surface area contributed by atoms with E-state index in [-0.39, 0.29) is 36.7 Å². The van der Waals surface area contributed by atoms with Gasteiger partial charge in [-0.25, -0.2) is 19.9 Å². The summed E-state index contributed by atoms with van der Waals surface area (Å²) in [7, 11) is 0. The van der Waals surface area contributed by atoms with Gasteiger partial charge in [-0.3, -0.25) is 34.2 Å². The number of carbonyl (C=O) groups is 5. The average molecular weight is 803 g/mol. The lowest BCUT2D eigenvalue weighted by molar-refractivity contribution is -0.136. The molecular weight excluding hydrogens is 753 g/mol. The fourth-order valence-corrected chi connectivity index (χ4v) is 9.30. The summed E-state index contributed by atoms with van der Waals surface area (Å²) in [5, 5.41) is 8.86. The Morgan fingerprint density at radius 2 is 1.66 bits per heavy atom. The van der Waals surface area contributed by atoms with Crippen molar-refractivity contribution in [2.45, 2.75) is 70.0 Å². The van der Waals surface area contributed by atoms with Crippen LogP contribution in [0.3, 0.4) is 0 Å². The van der Waals surface area contributed by atoms with Gasteiger partial charge in [-0.15, -0.1) is 0 Å². The molecule has 0 unspecified atom stereocenters. The van der Waals surface area contributed by atoms with Crippen molar-refractivity contribution in [1.29, 1.82) is 0 Å². The highest BCUT2D eigenvalue weighted by molar-refractivity contribution is 6.25. The number of pyridine rings is 1. The molecule has 5 amide bonds. The molecule has 4 aliphatic heterocycles. The van der Waals surface area contributed by atoms with Gasteiger partial charge in [0.25, 0.3) is 17.7 Å². The Labute approximate surface area is 341 Å². The normalized spacial score (nSPS) is 23.0. The van der Waals surface area contributed by atoms with Crippen LogP contribution in [0.4, 0.5) is 11.5 Å². The predicted molar refractivity (Wildman–Crippen MR) is 218 cm³/mol. The number of hydrogen-bond acceptors (Lipinski definition) is 13. The molecule has 17 heteroatoms. The maximum absolute atomic E-state index is 13.6. The summed E-state index contributed by atoms with van der Waals surface area (Å²) >= 11 is 0. The number of rotatable bonds is 12. The molecular formula is C42H50N12O5. The summed E-state index contributed by atoms with van der Waals surface area (Å²) in [5.74, 6) is -0.751. The first-order chi connectivity index (χ1) is 28.7. The van der Waals surface area contributed by atoms with E-state index in [1.165, 1.54) is 0 Å². The Morgan fingerprint density at radius 3 is 2.44 bits per heavy atom. The van der Waals surface area contributed by atoms with E-state index in [9.17, 15) is 24.0 Å². The summed E-state index contributed by atoms with van der Waals surface area (Å²) < 4.78 is 2.10. The second kappa shape index (κ2) is 16.4. The van der Waals surface area contributed by atoms with Crippen molar-refractivity contribution in [2.75, 3.05) is 69.1 Å². The number of imide groups is 2. The molecule has 0 spiro atoms. The number of anilines is 2. The number of amides is 5. The van der Waals surface area contributed by atoms with Gasteiger partial charge in [0.15, 0.2) is 11.5 Å². The highest BCUT2D eigenvalue weighted by Crippen LogP contribution is 2.37. The largest absolute Gasteiger partial charge is 0.371 e. The minimum absolute atomic E-state index is 0.0845. The van der Waals surface area contributed by atoms with E-state index in [0.29, 0.717) is 22.7 Å². The van der Waals surface area contributed by atoms with Crippen molar-refractivity contribution in [3.63, 3.8) is 0 Å². The number of aromatic nitrogens is 5. The van der Waals surface area contributed by atoms with Crippen LogP contribution in [0.15, 0.2) is 49.1 Å². The summed E-state index contributed by atoms with van der Waals surface area (Å²) in [6.07, 6.45) is 8.24. The molecule has 4 fully saturated rings. The van der Waals surface area contributed by atoms with Gasteiger partial charge in [0, 0.05) is 76.6 Å². The number of piperazine rings is 1. The lowest BCUT2D eigenvalue weighted by Crippen LogP contribution is -2.54. The van der Waals surface area contributed by atoms with Crippen molar-refractivity contribution in [1.82, 2.24) is 49.8 Å². The molecule has 59 heavy (non-hydrogen) atoms. The second-order valence-corrected chi connectivity index (χ2v) is 16.5. The maximum Gasteiger partial charge on any atom is 0.270 e. The molecule has 3 saturated heterocycles. The monoisotopic (exact) mass is 802 g/mol. The van der Waals surface area contributed by atoms with Crippen molar-refractivity contribution in [2.24, 2.45) is 5.92 Å². The van der Waals surface area contributed by atoms with Crippen molar-refractivity contribution >= 4 is 52.2 Å². The highest BCUT2D eigenvalue weighted by atomic mass is 16.2. The van der Waals surface area contributed by atoms with Crippen LogP contribution in [0.25, 0.3) is 11.2 Å². The molecule has 0 radical (unpaired) electrons. The van der Waals surface area contributed by atoms with E-state index < -0.39 is 23.8 Å². The molecule has 7 heterocycles. The number of aryl methyl sites for hydroxylation is 1. The first kappa shape index (κ1) is 38.7. The lowest BCUT2D eigenvalue weighted by Gasteiger charge is -2.39. The van der Waals surface area contributed by atoms with Crippen LogP contribution < -0.4 is 20.9 Å². The summed E-state index contributed by atoms with van der Waals surface area (Å²) in [4.78, 5) is 90.2. The number of carbonyl (C=O) groups excluding carboxylic acids is 5. The maximum atomic E-state index is 13.6. The summed E-state index contributed by atoms with van der Waals surface area (Å²) in [6, 6.07) is 10.1. The Morgan fingerprint density at radius 1 is 0.881 bits per heavy atom. The Balaban J connectivity index is 0.692. The molecule has 4 aromatic rings. The standard InChI is InChI=1S/C42H50N12O5/c1-26-5-2-7-31(47-26)39(56)48-28-21-29(22-28)53-25-46-36-37(44-24-45-38(36)53)43-13-4-14-50-17-19-51(20-18-50)23-27-11-15-52(16-12-27)32-8-3-6-30-35(32)42(59)54(41(30)58)33-9-10-34(55)49-40(33)57/h2-3,5-8,24-25,27-29,33H,4,9-23H2,1H3,(H,48,56)(H,43,44,45)(H,49,55,57)/t28?,29?,33-/m0/s1. The molecule has 5 aliphatic rings. The topological polar surface area (TPSA) is 191 Å². The fourth-order valence-electron chi connectivity index (χ4n) is 9.30. The van der Waals surface area contributed by atoms with Crippen molar-refractivity contribution < 1.29 is 24.0 Å².